The van der Waals surface area contributed by atoms with Crippen LogP contribution in [0.15, 0.2) is 48.5 Å². The number of benzene rings is 2. The van der Waals surface area contributed by atoms with Crippen LogP contribution in [0.3, 0.4) is 0 Å². The second kappa shape index (κ2) is 9.38. The molecule has 0 aromatic heterocycles. The molecule has 2 aromatic rings. The maximum atomic E-state index is 12.7. The number of nitrogens with one attached hydrogen (secondary N) is 1. The number of hydrogen-bond donors (Lipinski definition) is 1. The number of amides is 2. The first-order chi connectivity index (χ1) is 14.4. The van der Waals surface area contributed by atoms with Crippen molar-refractivity contribution in [1.82, 2.24) is 10.2 Å². The van der Waals surface area contributed by atoms with E-state index in [0.29, 0.717) is 16.8 Å². The molecule has 2 amide bonds. The number of carbonyl (C=O) groups is 2. The van der Waals surface area contributed by atoms with Crippen molar-refractivity contribution < 1.29 is 18.0 Å². The van der Waals surface area contributed by atoms with E-state index in [-0.39, 0.29) is 43.2 Å². The summed E-state index contributed by atoms with van der Waals surface area (Å²) in [6.07, 6.45) is 3.04. The van der Waals surface area contributed by atoms with Gasteiger partial charge in [0.2, 0.25) is 10.0 Å². The minimum Gasteiger partial charge on any atom is -0.317 e. The molecule has 7 nitrogen and oxygen atoms in total. The lowest BCUT2D eigenvalue weighted by Crippen LogP contribution is -2.41. The maximum absolute atomic E-state index is 12.7. The summed E-state index contributed by atoms with van der Waals surface area (Å²) in [5, 5.41) is 3.33. The summed E-state index contributed by atoms with van der Waals surface area (Å²) in [4.78, 5) is 26.4. The number of sulfonamides is 1. The van der Waals surface area contributed by atoms with Crippen molar-refractivity contribution in [1.29, 1.82) is 0 Å². The molecule has 2 aromatic carbocycles. The third-order valence-electron chi connectivity index (χ3n) is 5.79. The number of anilines is 1. The molecule has 2 aliphatic rings. The third kappa shape index (κ3) is 4.61. The van der Waals surface area contributed by atoms with Crippen LogP contribution < -0.4 is 9.62 Å². The fourth-order valence-electron chi connectivity index (χ4n) is 4.29. The summed E-state index contributed by atoms with van der Waals surface area (Å²) in [6, 6.07) is 14.2. The number of piperidine rings is 1. The lowest BCUT2D eigenvalue weighted by Gasteiger charge is -2.30. The standard InChI is InChI=1S/C22H25N3O4S.ClH/c1-30(28,29)25(20-9-5-4-6-17(20)16-10-12-23-13-11-16)15-14-24-21(26)18-7-2-3-8-19(18)22(24)27;/h2-9,16,23H,10-15H2,1H3;1H. The number of hydrogen-bond acceptors (Lipinski definition) is 5. The van der Waals surface area contributed by atoms with Crippen LogP contribution in [0, 0.1) is 0 Å². The summed E-state index contributed by atoms with van der Waals surface area (Å²) >= 11 is 0. The van der Waals surface area contributed by atoms with Gasteiger partial charge in [-0.05, 0) is 55.6 Å². The molecular weight excluding hydrogens is 438 g/mol. The van der Waals surface area contributed by atoms with Crippen LogP contribution in [0.2, 0.25) is 0 Å². The van der Waals surface area contributed by atoms with E-state index in [1.807, 2.05) is 18.2 Å². The molecule has 31 heavy (non-hydrogen) atoms. The fraction of sp³-hybridized carbons (Fsp3) is 0.364. The van der Waals surface area contributed by atoms with Crippen molar-refractivity contribution in [3.63, 3.8) is 0 Å². The molecule has 166 valence electrons. The molecule has 0 aliphatic carbocycles. The molecule has 4 rings (SSSR count). The van der Waals surface area contributed by atoms with Crippen LogP contribution in [0.4, 0.5) is 5.69 Å². The number of nitrogens with zero attached hydrogens (tertiary/aromatic N) is 2. The zero-order valence-electron chi connectivity index (χ0n) is 17.3. The number of para-hydroxylation sites is 1. The third-order valence-corrected chi connectivity index (χ3v) is 6.97. The Morgan fingerprint density at radius 2 is 1.52 bits per heavy atom. The van der Waals surface area contributed by atoms with E-state index in [4.69, 9.17) is 0 Å². The highest BCUT2D eigenvalue weighted by atomic mass is 35.5. The molecule has 0 bridgehead atoms. The molecule has 1 saturated heterocycles. The summed E-state index contributed by atoms with van der Waals surface area (Å²) < 4.78 is 26.7. The van der Waals surface area contributed by atoms with E-state index in [1.54, 1.807) is 30.3 Å². The summed E-state index contributed by atoms with van der Waals surface area (Å²) in [7, 11) is -3.60. The van der Waals surface area contributed by atoms with Gasteiger partial charge in [0.1, 0.15) is 0 Å². The SMILES string of the molecule is CS(=O)(=O)N(CCN1C(=O)c2ccccc2C1=O)c1ccccc1C1CCNCC1.Cl. The first-order valence-corrected chi connectivity index (χ1v) is 12.0. The van der Waals surface area contributed by atoms with Crippen molar-refractivity contribution in [3.05, 3.63) is 65.2 Å². The Labute approximate surface area is 188 Å². The highest BCUT2D eigenvalue weighted by molar-refractivity contribution is 7.92. The quantitative estimate of drug-likeness (QED) is 0.665. The van der Waals surface area contributed by atoms with Crippen LogP contribution >= 0.6 is 12.4 Å². The molecule has 0 unspecified atom stereocenters. The minimum absolute atomic E-state index is 0. The van der Waals surface area contributed by atoms with E-state index < -0.39 is 10.0 Å². The molecule has 2 aliphatic heterocycles. The summed E-state index contributed by atoms with van der Waals surface area (Å²) in [5.41, 5.74) is 2.35. The number of halogens is 1. The zero-order chi connectivity index (χ0) is 21.3. The molecule has 2 heterocycles. The minimum atomic E-state index is -3.60. The Bertz CT molecular complexity index is 1050. The number of carbonyl (C=O) groups excluding carboxylic acids is 2. The van der Waals surface area contributed by atoms with Crippen LogP contribution in [-0.2, 0) is 10.0 Å². The average Bonchev–Trinajstić information content (AvgIpc) is 2.99. The molecule has 0 spiro atoms. The van der Waals surface area contributed by atoms with E-state index in [0.717, 1.165) is 42.7 Å². The van der Waals surface area contributed by atoms with Crippen molar-refractivity contribution >= 4 is 39.9 Å². The molecule has 1 N–H and O–H groups in total. The predicted octanol–water partition coefficient (Wildman–Crippen LogP) is 2.64. The van der Waals surface area contributed by atoms with Crippen LogP contribution in [0.25, 0.3) is 0 Å². The maximum Gasteiger partial charge on any atom is 0.261 e. The van der Waals surface area contributed by atoms with E-state index in [1.165, 1.54) is 4.31 Å². The van der Waals surface area contributed by atoms with Gasteiger partial charge < -0.3 is 5.32 Å². The Kier molecular flexibility index (Phi) is 7.03. The largest absolute Gasteiger partial charge is 0.317 e. The van der Waals surface area contributed by atoms with Crippen LogP contribution in [-0.4, -0.2) is 57.6 Å². The van der Waals surface area contributed by atoms with Gasteiger partial charge in [0, 0.05) is 6.54 Å². The predicted molar refractivity (Wildman–Crippen MR) is 123 cm³/mol. The van der Waals surface area contributed by atoms with E-state index in [9.17, 15) is 18.0 Å². The van der Waals surface area contributed by atoms with Gasteiger partial charge >= 0.3 is 0 Å². The van der Waals surface area contributed by atoms with Gasteiger partial charge in [-0.25, -0.2) is 8.42 Å². The van der Waals surface area contributed by atoms with Crippen LogP contribution in [0.5, 0.6) is 0 Å². The topological polar surface area (TPSA) is 86.8 Å². The van der Waals surface area contributed by atoms with Gasteiger partial charge in [-0.2, -0.15) is 0 Å². The van der Waals surface area contributed by atoms with Crippen LogP contribution in [0.1, 0.15) is 45.0 Å². The summed E-state index contributed by atoms with van der Waals surface area (Å²) in [6.45, 7) is 1.81. The molecule has 0 atom stereocenters. The Morgan fingerprint density at radius 1 is 0.968 bits per heavy atom. The summed E-state index contributed by atoms with van der Waals surface area (Å²) in [5.74, 6) is -0.489. The lowest BCUT2D eigenvalue weighted by atomic mass is 9.89. The molecule has 9 heteroatoms. The normalized spacial score (nSPS) is 16.7. The van der Waals surface area contributed by atoms with Gasteiger partial charge in [0.05, 0.1) is 29.6 Å². The van der Waals surface area contributed by atoms with E-state index >= 15 is 0 Å². The highest BCUT2D eigenvalue weighted by Crippen LogP contribution is 2.34. The molecule has 1 fully saturated rings. The second-order valence-corrected chi connectivity index (χ2v) is 9.63. The van der Waals surface area contributed by atoms with Crippen molar-refractivity contribution in [2.24, 2.45) is 0 Å². The molecule has 0 radical (unpaired) electrons. The number of fused-ring (bicyclic) bond motifs is 1. The van der Waals surface area contributed by atoms with Gasteiger partial charge in [0.25, 0.3) is 11.8 Å². The monoisotopic (exact) mass is 463 g/mol. The van der Waals surface area contributed by atoms with Crippen molar-refractivity contribution in [2.45, 2.75) is 18.8 Å². The van der Waals surface area contributed by atoms with Crippen molar-refractivity contribution in [3.8, 4) is 0 Å². The van der Waals surface area contributed by atoms with E-state index in [2.05, 4.69) is 5.32 Å². The number of imide groups is 1. The smallest absolute Gasteiger partial charge is 0.261 e. The first kappa shape index (κ1) is 23.2. The Morgan fingerprint density at radius 3 is 2.10 bits per heavy atom. The average molecular weight is 464 g/mol. The second-order valence-electron chi connectivity index (χ2n) is 7.73. The first-order valence-electron chi connectivity index (χ1n) is 10.1. The highest BCUT2D eigenvalue weighted by Gasteiger charge is 2.36. The van der Waals surface area contributed by atoms with Crippen molar-refractivity contribution in [2.75, 3.05) is 36.7 Å². The fourth-order valence-corrected chi connectivity index (χ4v) is 5.23. The molecular formula is C22H26ClN3O4S. The number of rotatable bonds is 6. The van der Waals surface area contributed by atoms with Gasteiger partial charge in [0.15, 0.2) is 0 Å². The lowest BCUT2D eigenvalue weighted by molar-refractivity contribution is 0.0659. The molecule has 0 saturated carbocycles. The Hall–Kier alpha value is -2.42. The zero-order valence-corrected chi connectivity index (χ0v) is 18.9. The van der Waals surface area contributed by atoms with Gasteiger partial charge in [-0.3, -0.25) is 18.8 Å². The van der Waals surface area contributed by atoms with Gasteiger partial charge in [-0.1, -0.05) is 30.3 Å². The van der Waals surface area contributed by atoms with Gasteiger partial charge in [-0.15, -0.1) is 12.4 Å². The Balaban J connectivity index is 0.00000272.